The Balaban J connectivity index is 2.28. The molecule has 2 N–H and O–H groups in total. The second-order valence-corrected chi connectivity index (χ2v) is 7.37. The number of nitrogen functional groups attached to an aromatic ring is 1. The summed E-state index contributed by atoms with van der Waals surface area (Å²) in [5.41, 5.74) is 6.52. The van der Waals surface area contributed by atoms with E-state index in [0.717, 1.165) is 10.0 Å². The molecule has 1 aromatic heterocycles. The first-order valence-electron chi connectivity index (χ1n) is 5.80. The first-order chi connectivity index (χ1) is 9.30. The monoisotopic (exact) mass is 358 g/mol. The number of aryl methyl sites for hydroxylation is 1. The first-order valence-corrected chi connectivity index (χ1v) is 8.04. The molecule has 1 aromatic carbocycles. The van der Waals surface area contributed by atoms with Crippen LogP contribution >= 0.6 is 15.9 Å². The van der Waals surface area contributed by atoms with Crippen LogP contribution in [0.15, 0.2) is 39.8 Å². The molecule has 2 aromatic rings. The second kappa shape index (κ2) is 5.55. The third-order valence-electron chi connectivity index (χ3n) is 2.80. The molecule has 108 valence electrons. The van der Waals surface area contributed by atoms with E-state index in [0.29, 0.717) is 0 Å². The van der Waals surface area contributed by atoms with Gasteiger partial charge in [-0.15, -0.1) is 0 Å². The van der Waals surface area contributed by atoms with Gasteiger partial charge < -0.3 is 5.73 Å². The number of nitrogens with two attached hydrogens (primary N) is 1. The van der Waals surface area contributed by atoms with Crippen molar-refractivity contribution >= 4 is 31.8 Å². The van der Waals surface area contributed by atoms with Crippen molar-refractivity contribution in [2.45, 2.75) is 11.4 Å². The van der Waals surface area contributed by atoms with E-state index in [1.165, 1.54) is 22.2 Å². The maximum atomic E-state index is 12.4. The van der Waals surface area contributed by atoms with E-state index in [1.54, 1.807) is 7.05 Å². The van der Waals surface area contributed by atoms with Crippen LogP contribution in [0.2, 0.25) is 0 Å². The summed E-state index contributed by atoms with van der Waals surface area (Å²) in [6.45, 7) is 0.260. The lowest BCUT2D eigenvalue weighted by Crippen LogP contribution is -2.26. The molecule has 6 nitrogen and oxygen atoms in total. The molecule has 0 fully saturated rings. The average Bonchev–Trinajstić information content (AvgIpc) is 2.69. The molecule has 20 heavy (non-hydrogen) atoms. The van der Waals surface area contributed by atoms with Crippen molar-refractivity contribution in [2.24, 2.45) is 7.05 Å². The SMILES string of the molecule is CN(Cc1cccc(Br)c1)S(=O)(=O)c1cn(C)nc1N. The Bertz CT molecular complexity index is 727. The number of aromatic nitrogens is 2. The number of rotatable bonds is 4. The summed E-state index contributed by atoms with van der Waals surface area (Å²) < 4.78 is 28.4. The molecule has 0 aliphatic rings. The smallest absolute Gasteiger partial charge is 0.248 e. The van der Waals surface area contributed by atoms with Gasteiger partial charge in [0.05, 0.1) is 0 Å². The zero-order valence-corrected chi connectivity index (χ0v) is 13.5. The van der Waals surface area contributed by atoms with Gasteiger partial charge in [0, 0.05) is 31.3 Å². The predicted octanol–water partition coefficient (Wildman–Crippen LogP) is 1.59. The molecule has 1 heterocycles. The first kappa shape index (κ1) is 15.0. The van der Waals surface area contributed by atoms with Gasteiger partial charge in [-0.2, -0.15) is 9.40 Å². The highest BCUT2D eigenvalue weighted by molar-refractivity contribution is 9.10. The lowest BCUT2D eigenvalue weighted by molar-refractivity contribution is 0.467. The van der Waals surface area contributed by atoms with Crippen LogP contribution in [0.5, 0.6) is 0 Å². The fourth-order valence-electron chi connectivity index (χ4n) is 1.83. The predicted molar refractivity (Wildman–Crippen MR) is 80.4 cm³/mol. The van der Waals surface area contributed by atoms with Crippen molar-refractivity contribution in [1.82, 2.24) is 14.1 Å². The number of sulfonamides is 1. The van der Waals surface area contributed by atoms with E-state index in [-0.39, 0.29) is 17.3 Å². The van der Waals surface area contributed by atoms with Crippen LogP contribution in [-0.4, -0.2) is 29.6 Å². The number of nitrogens with zero attached hydrogens (tertiary/aromatic N) is 3. The molecular formula is C12H15BrN4O2S. The zero-order chi connectivity index (χ0) is 14.9. The van der Waals surface area contributed by atoms with E-state index in [2.05, 4.69) is 21.0 Å². The molecule has 8 heteroatoms. The minimum Gasteiger partial charge on any atom is -0.381 e. The summed E-state index contributed by atoms with van der Waals surface area (Å²) >= 11 is 3.36. The number of hydrogen-bond acceptors (Lipinski definition) is 4. The maximum absolute atomic E-state index is 12.4. The van der Waals surface area contributed by atoms with Gasteiger partial charge in [-0.3, -0.25) is 4.68 Å². The van der Waals surface area contributed by atoms with Crippen LogP contribution in [0.25, 0.3) is 0 Å². The summed E-state index contributed by atoms with van der Waals surface area (Å²) in [4.78, 5) is 0.0255. The molecule has 0 saturated heterocycles. The zero-order valence-electron chi connectivity index (χ0n) is 11.1. The summed E-state index contributed by atoms with van der Waals surface area (Å²) in [7, 11) is -0.505. The van der Waals surface area contributed by atoms with E-state index >= 15 is 0 Å². The summed E-state index contributed by atoms with van der Waals surface area (Å²) in [5.74, 6) is 0.00796. The van der Waals surface area contributed by atoms with Crippen molar-refractivity contribution in [3.05, 3.63) is 40.5 Å². The van der Waals surface area contributed by atoms with Gasteiger partial charge in [-0.25, -0.2) is 8.42 Å². The Morgan fingerprint density at radius 3 is 2.70 bits per heavy atom. The minimum atomic E-state index is -3.65. The van der Waals surface area contributed by atoms with E-state index in [4.69, 9.17) is 5.73 Å². The van der Waals surface area contributed by atoms with Gasteiger partial charge in [0.15, 0.2) is 5.82 Å². The standard InChI is InChI=1S/C12H15BrN4O2S/c1-16-8-11(12(14)15-16)20(18,19)17(2)7-9-4-3-5-10(13)6-9/h3-6,8H,7H2,1-2H3,(H2,14,15). The molecule has 2 rings (SSSR count). The topological polar surface area (TPSA) is 81.2 Å². The van der Waals surface area contributed by atoms with Crippen LogP contribution in [0.4, 0.5) is 5.82 Å². The lowest BCUT2D eigenvalue weighted by Gasteiger charge is -2.16. The molecule has 0 bridgehead atoms. The van der Waals surface area contributed by atoms with Crippen LogP contribution in [0, 0.1) is 0 Å². The van der Waals surface area contributed by atoms with Gasteiger partial charge in [0.25, 0.3) is 0 Å². The van der Waals surface area contributed by atoms with E-state index < -0.39 is 10.0 Å². The average molecular weight is 359 g/mol. The normalized spacial score (nSPS) is 12.0. The molecule has 0 spiro atoms. The van der Waals surface area contributed by atoms with Crippen molar-refractivity contribution in [1.29, 1.82) is 0 Å². The van der Waals surface area contributed by atoms with Gasteiger partial charge >= 0.3 is 0 Å². The third-order valence-corrected chi connectivity index (χ3v) is 5.12. The minimum absolute atomic E-state index is 0.00796. The molecule has 0 aliphatic carbocycles. The van der Waals surface area contributed by atoms with Gasteiger partial charge in [0.1, 0.15) is 4.90 Å². The Morgan fingerprint density at radius 1 is 1.45 bits per heavy atom. The Morgan fingerprint density at radius 2 is 2.15 bits per heavy atom. The Kier molecular flexibility index (Phi) is 4.17. The second-order valence-electron chi connectivity index (χ2n) is 4.44. The quantitative estimate of drug-likeness (QED) is 0.899. The van der Waals surface area contributed by atoms with E-state index in [9.17, 15) is 8.42 Å². The lowest BCUT2D eigenvalue weighted by atomic mass is 10.2. The van der Waals surface area contributed by atoms with Crippen molar-refractivity contribution in [3.8, 4) is 0 Å². The van der Waals surface area contributed by atoms with Crippen molar-refractivity contribution < 1.29 is 8.42 Å². The van der Waals surface area contributed by atoms with Crippen LogP contribution in [0.3, 0.4) is 0 Å². The van der Waals surface area contributed by atoms with E-state index in [1.807, 2.05) is 24.3 Å². The fourth-order valence-corrected chi connectivity index (χ4v) is 3.52. The summed E-state index contributed by atoms with van der Waals surface area (Å²) in [6, 6.07) is 7.48. The summed E-state index contributed by atoms with van der Waals surface area (Å²) in [6.07, 6.45) is 1.40. The van der Waals surface area contributed by atoms with Crippen LogP contribution in [-0.2, 0) is 23.6 Å². The van der Waals surface area contributed by atoms with Crippen molar-refractivity contribution in [3.63, 3.8) is 0 Å². The Labute approximate surface area is 126 Å². The van der Waals surface area contributed by atoms with Crippen molar-refractivity contribution in [2.75, 3.05) is 12.8 Å². The molecule has 0 aliphatic heterocycles. The molecule has 0 atom stereocenters. The van der Waals surface area contributed by atoms with Crippen LogP contribution < -0.4 is 5.73 Å². The molecule has 0 unspecified atom stereocenters. The van der Waals surface area contributed by atoms with Gasteiger partial charge in [-0.1, -0.05) is 28.1 Å². The largest absolute Gasteiger partial charge is 0.381 e. The Hall–Kier alpha value is -1.38. The molecular weight excluding hydrogens is 344 g/mol. The van der Waals surface area contributed by atoms with Gasteiger partial charge in [0.2, 0.25) is 10.0 Å². The number of hydrogen-bond donors (Lipinski definition) is 1. The molecule has 0 radical (unpaired) electrons. The number of halogens is 1. The highest BCUT2D eigenvalue weighted by atomic mass is 79.9. The molecule has 0 saturated carbocycles. The highest BCUT2D eigenvalue weighted by Gasteiger charge is 2.25. The number of benzene rings is 1. The summed E-state index contributed by atoms with van der Waals surface area (Å²) in [5, 5.41) is 3.86. The fraction of sp³-hybridized carbons (Fsp3) is 0.250. The van der Waals surface area contributed by atoms with Gasteiger partial charge in [-0.05, 0) is 17.7 Å². The number of anilines is 1. The highest BCUT2D eigenvalue weighted by Crippen LogP contribution is 2.22. The third kappa shape index (κ3) is 3.02. The maximum Gasteiger partial charge on any atom is 0.248 e. The molecule has 0 amide bonds. The van der Waals surface area contributed by atoms with Crippen LogP contribution in [0.1, 0.15) is 5.56 Å².